The Balaban J connectivity index is 1.29. The lowest BCUT2D eigenvalue weighted by Gasteiger charge is -2.19. The molecule has 168 valence electrons. The van der Waals surface area contributed by atoms with Gasteiger partial charge in [0, 0.05) is 30.9 Å². The maximum absolute atomic E-state index is 12.3. The van der Waals surface area contributed by atoms with Gasteiger partial charge in [-0.05, 0) is 55.2 Å². The van der Waals surface area contributed by atoms with Gasteiger partial charge in [0.05, 0.1) is 6.10 Å². The van der Waals surface area contributed by atoms with Crippen molar-refractivity contribution in [1.82, 2.24) is 5.32 Å². The monoisotopic (exact) mass is 439 g/mol. The molecular formula is C23H25N3O6. The van der Waals surface area contributed by atoms with E-state index < -0.39 is 17.9 Å². The number of ether oxygens (including phenoxy) is 2. The van der Waals surface area contributed by atoms with Crippen molar-refractivity contribution in [2.24, 2.45) is 0 Å². The number of hydrogen-bond donors (Lipinski definition) is 3. The van der Waals surface area contributed by atoms with Crippen LogP contribution in [-0.2, 0) is 14.4 Å². The van der Waals surface area contributed by atoms with E-state index in [9.17, 15) is 19.5 Å². The van der Waals surface area contributed by atoms with Crippen molar-refractivity contribution < 1.29 is 29.0 Å². The summed E-state index contributed by atoms with van der Waals surface area (Å²) in [6.07, 6.45) is 0.710. The van der Waals surface area contributed by atoms with Crippen molar-refractivity contribution in [3.63, 3.8) is 0 Å². The van der Waals surface area contributed by atoms with Crippen molar-refractivity contribution in [1.29, 1.82) is 0 Å². The molecule has 3 amide bonds. The first-order chi connectivity index (χ1) is 15.4. The summed E-state index contributed by atoms with van der Waals surface area (Å²) in [6.45, 7) is 2.80. The largest absolute Gasteiger partial charge is 0.454 e. The van der Waals surface area contributed by atoms with Gasteiger partial charge in [-0.3, -0.25) is 14.4 Å². The van der Waals surface area contributed by atoms with Crippen LogP contribution >= 0.6 is 0 Å². The minimum absolute atomic E-state index is 0.0512. The first-order valence-electron chi connectivity index (χ1n) is 10.5. The van der Waals surface area contributed by atoms with Gasteiger partial charge in [0.25, 0.3) is 0 Å². The summed E-state index contributed by atoms with van der Waals surface area (Å²) in [5, 5.41) is 15.4. The highest BCUT2D eigenvalue weighted by atomic mass is 16.7. The third-order valence-corrected chi connectivity index (χ3v) is 5.52. The molecule has 1 saturated heterocycles. The fourth-order valence-electron chi connectivity index (χ4n) is 3.76. The number of hydrogen-bond acceptors (Lipinski definition) is 6. The topological polar surface area (TPSA) is 117 Å². The molecule has 4 rings (SSSR count). The molecule has 0 spiro atoms. The van der Waals surface area contributed by atoms with Crippen molar-refractivity contribution >= 4 is 29.1 Å². The van der Waals surface area contributed by atoms with E-state index in [-0.39, 0.29) is 25.7 Å². The van der Waals surface area contributed by atoms with Crippen LogP contribution in [0.25, 0.3) is 0 Å². The van der Waals surface area contributed by atoms with Crippen molar-refractivity contribution in [3.8, 4) is 11.5 Å². The summed E-state index contributed by atoms with van der Waals surface area (Å²) < 4.78 is 10.5. The number of anilines is 2. The molecule has 2 aliphatic heterocycles. The fourth-order valence-corrected chi connectivity index (χ4v) is 3.76. The van der Waals surface area contributed by atoms with E-state index in [4.69, 9.17) is 9.47 Å². The highest BCUT2D eigenvalue weighted by molar-refractivity contribution is 6.39. The number of aliphatic hydroxyl groups excluding tert-OH is 1. The van der Waals surface area contributed by atoms with Gasteiger partial charge in [0.2, 0.25) is 12.7 Å². The van der Waals surface area contributed by atoms with Gasteiger partial charge in [-0.1, -0.05) is 12.1 Å². The quantitative estimate of drug-likeness (QED) is 0.593. The second-order valence-electron chi connectivity index (χ2n) is 7.78. The smallest absolute Gasteiger partial charge is 0.313 e. The maximum atomic E-state index is 12.3. The van der Waals surface area contributed by atoms with E-state index in [0.29, 0.717) is 35.7 Å². The first kappa shape index (κ1) is 21.6. The van der Waals surface area contributed by atoms with Crippen LogP contribution in [0.4, 0.5) is 11.4 Å². The van der Waals surface area contributed by atoms with E-state index in [2.05, 4.69) is 10.6 Å². The van der Waals surface area contributed by atoms with Crippen LogP contribution in [0.1, 0.15) is 36.5 Å². The number of benzene rings is 2. The molecule has 2 aromatic rings. The van der Waals surface area contributed by atoms with Gasteiger partial charge < -0.3 is 30.1 Å². The van der Waals surface area contributed by atoms with Crippen LogP contribution in [0, 0.1) is 6.92 Å². The molecule has 1 fully saturated rings. The highest BCUT2D eigenvalue weighted by Gasteiger charge is 2.24. The SMILES string of the molecule is Cc1ccc(NC(=O)C(=O)NCCC(O)c2ccc3c(c2)OCO3)cc1N1CCCC1=O. The summed E-state index contributed by atoms with van der Waals surface area (Å²) in [5.41, 5.74) is 2.72. The molecule has 9 nitrogen and oxygen atoms in total. The molecule has 2 aromatic carbocycles. The summed E-state index contributed by atoms with van der Waals surface area (Å²) in [6, 6.07) is 10.3. The zero-order chi connectivity index (χ0) is 22.7. The Morgan fingerprint density at radius 3 is 2.72 bits per heavy atom. The molecule has 2 aliphatic rings. The van der Waals surface area contributed by atoms with E-state index in [0.717, 1.165) is 17.7 Å². The number of amides is 3. The molecule has 9 heteroatoms. The van der Waals surface area contributed by atoms with Crippen LogP contribution in [-0.4, -0.2) is 42.7 Å². The molecule has 1 unspecified atom stereocenters. The van der Waals surface area contributed by atoms with Gasteiger partial charge >= 0.3 is 11.8 Å². The Morgan fingerprint density at radius 2 is 1.94 bits per heavy atom. The highest BCUT2D eigenvalue weighted by Crippen LogP contribution is 2.34. The van der Waals surface area contributed by atoms with Crippen molar-refractivity contribution in [2.45, 2.75) is 32.3 Å². The molecule has 32 heavy (non-hydrogen) atoms. The van der Waals surface area contributed by atoms with E-state index in [1.165, 1.54) is 0 Å². The Bertz CT molecular complexity index is 1050. The normalized spacial score (nSPS) is 15.6. The zero-order valence-corrected chi connectivity index (χ0v) is 17.7. The average Bonchev–Trinajstić information content (AvgIpc) is 3.43. The lowest BCUT2D eigenvalue weighted by molar-refractivity contribution is -0.136. The summed E-state index contributed by atoms with van der Waals surface area (Å²) in [5.74, 6) is -0.375. The molecule has 0 aliphatic carbocycles. The van der Waals surface area contributed by atoms with E-state index in [1.807, 2.05) is 6.92 Å². The number of aryl methyl sites for hydroxylation is 1. The lowest BCUT2D eigenvalue weighted by atomic mass is 10.1. The van der Waals surface area contributed by atoms with Gasteiger partial charge in [0.1, 0.15) is 0 Å². The van der Waals surface area contributed by atoms with Gasteiger partial charge in [-0.15, -0.1) is 0 Å². The molecular weight excluding hydrogens is 414 g/mol. The number of carbonyl (C=O) groups excluding carboxylic acids is 3. The predicted octanol–water partition coefficient (Wildman–Crippen LogP) is 2.03. The summed E-state index contributed by atoms with van der Waals surface area (Å²) in [4.78, 5) is 38.2. The lowest BCUT2D eigenvalue weighted by Crippen LogP contribution is -2.36. The van der Waals surface area contributed by atoms with Crippen LogP contribution in [0.3, 0.4) is 0 Å². The minimum Gasteiger partial charge on any atom is -0.454 e. The minimum atomic E-state index is -0.828. The fraction of sp³-hybridized carbons (Fsp3) is 0.348. The van der Waals surface area contributed by atoms with Crippen LogP contribution in [0.2, 0.25) is 0 Å². The number of rotatable bonds is 6. The predicted molar refractivity (Wildman–Crippen MR) is 117 cm³/mol. The van der Waals surface area contributed by atoms with E-state index in [1.54, 1.807) is 41.3 Å². The molecule has 0 aromatic heterocycles. The zero-order valence-electron chi connectivity index (χ0n) is 17.7. The summed E-state index contributed by atoms with van der Waals surface area (Å²) in [7, 11) is 0. The number of fused-ring (bicyclic) bond motifs is 1. The van der Waals surface area contributed by atoms with Crippen LogP contribution < -0.4 is 25.0 Å². The number of nitrogens with zero attached hydrogens (tertiary/aromatic N) is 1. The maximum Gasteiger partial charge on any atom is 0.313 e. The average molecular weight is 439 g/mol. The van der Waals surface area contributed by atoms with Crippen molar-refractivity contribution in [3.05, 3.63) is 47.5 Å². The number of aliphatic hydroxyl groups is 1. The second kappa shape index (κ2) is 9.27. The molecule has 0 saturated carbocycles. The number of carbonyl (C=O) groups is 3. The third kappa shape index (κ3) is 4.67. The molecule has 0 radical (unpaired) electrons. The van der Waals surface area contributed by atoms with Gasteiger partial charge in [-0.25, -0.2) is 0 Å². The van der Waals surface area contributed by atoms with Crippen LogP contribution in [0.5, 0.6) is 11.5 Å². The number of nitrogens with one attached hydrogen (secondary N) is 2. The van der Waals surface area contributed by atoms with Gasteiger partial charge in [0.15, 0.2) is 11.5 Å². The molecule has 0 bridgehead atoms. The van der Waals surface area contributed by atoms with Gasteiger partial charge in [-0.2, -0.15) is 0 Å². The standard InChI is InChI=1S/C23H25N3O6/c1-14-4-6-16(12-17(14)26-10-2-3-21(26)28)25-23(30)22(29)24-9-8-18(27)15-5-7-19-20(11-15)32-13-31-19/h4-7,11-12,18,27H,2-3,8-10,13H2,1H3,(H,24,29)(H,25,30). The molecule has 1 atom stereocenters. The van der Waals surface area contributed by atoms with Crippen molar-refractivity contribution in [2.75, 3.05) is 30.1 Å². The Hall–Kier alpha value is -3.59. The molecule has 3 N–H and O–H groups in total. The Labute approximate surface area is 185 Å². The molecule has 2 heterocycles. The first-order valence-corrected chi connectivity index (χ1v) is 10.5. The Morgan fingerprint density at radius 1 is 1.12 bits per heavy atom. The van der Waals surface area contributed by atoms with Crippen LogP contribution in [0.15, 0.2) is 36.4 Å². The summed E-state index contributed by atoms with van der Waals surface area (Å²) >= 11 is 0. The second-order valence-corrected chi connectivity index (χ2v) is 7.78. The van der Waals surface area contributed by atoms with E-state index >= 15 is 0 Å². The third-order valence-electron chi connectivity index (χ3n) is 5.52. The Kier molecular flexibility index (Phi) is 6.27.